The van der Waals surface area contributed by atoms with Gasteiger partial charge in [-0.2, -0.15) is 0 Å². The molecule has 0 aliphatic rings. The standard InChI is InChI=1S/C13H21N3O4/c1-19-11-3-2-4-12(7-11)20-9-10(17)8-15-5-6-16-13(14)18/h2-4,7,10,15,17H,5-6,8-9H2,1H3,(H3,14,16,18). The Morgan fingerprint density at radius 1 is 1.40 bits per heavy atom. The summed E-state index contributed by atoms with van der Waals surface area (Å²) in [4.78, 5) is 10.4. The Morgan fingerprint density at radius 3 is 2.85 bits per heavy atom. The number of rotatable bonds is 9. The number of hydrogen-bond acceptors (Lipinski definition) is 5. The highest BCUT2D eigenvalue weighted by Gasteiger charge is 2.05. The second kappa shape index (κ2) is 9.00. The SMILES string of the molecule is COc1cccc(OCC(O)CNCCNC(N)=O)c1. The Hall–Kier alpha value is -1.99. The molecule has 1 aromatic carbocycles. The number of carbonyl (C=O) groups excluding carboxylic acids is 1. The van der Waals surface area contributed by atoms with Crippen LogP contribution in [0.4, 0.5) is 4.79 Å². The summed E-state index contributed by atoms with van der Waals surface area (Å²) in [6.45, 7) is 1.48. The fourth-order valence-corrected chi connectivity index (χ4v) is 1.49. The number of benzene rings is 1. The van der Waals surface area contributed by atoms with Crippen LogP contribution >= 0.6 is 0 Å². The Balaban J connectivity index is 2.15. The smallest absolute Gasteiger partial charge is 0.312 e. The van der Waals surface area contributed by atoms with E-state index in [0.717, 1.165) is 0 Å². The molecule has 0 fully saturated rings. The molecule has 1 aromatic rings. The van der Waals surface area contributed by atoms with Crippen LogP contribution in [0.25, 0.3) is 0 Å². The van der Waals surface area contributed by atoms with E-state index >= 15 is 0 Å². The molecule has 1 rings (SSSR count). The summed E-state index contributed by atoms with van der Waals surface area (Å²) in [7, 11) is 1.58. The Bertz CT molecular complexity index is 414. The molecule has 0 bridgehead atoms. The molecule has 0 saturated heterocycles. The highest BCUT2D eigenvalue weighted by atomic mass is 16.5. The van der Waals surface area contributed by atoms with Crippen LogP contribution in [-0.2, 0) is 0 Å². The lowest BCUT2D eigenvalue weighted by molar-refractivity contribution is 0.106. The predicted molar refractivity (Wildman–Crippen MR) is 75.0 cm³/mol. The molecule has 20 heavy (non-hydrogen) atoms. The maximum absolute atomic E-state index is 10.4. The van der Waals surface area contributed by atoms with Gasteiger partial charge in [-0.15, -0.1) is 0 Å². The molecule has 0 aliphatic heterocycles. The minimum absolute atomic E-state index is 0.170. The van der Waals surface area contributed by atoms with Gasteiger partial charge in [0, 0.05) is 25.7 Å². The molecule has 0 spiro atoms. The Morgan fingerprint density at radius 2 is 2.15 bits per heavy atom. The lowest BCUT2D eigenvalue weighted by atomic mass is 10.3. The average Bonchev–Trinajstić information content (AvgIpc) is 2.44. The van der Waals surface area contributed by atoms with Crippen LogP contribution in [0.2, 0.25) is 0 Å². The molecule has 5 N–H and O–H groups in total. The van der Waals surface area contributed by atoms with Crippen molar-refractivity contribution in [2.45, 2.75) is 6.10 Å². The van der Waals surface area contributed by atoms with Gasteiger partial charge < -0.3 is 30.9 Å². The number of ether oxygens (including phenoxy) is 2. The third-order valence-electron chi connectivity index (χ3n) is 2.46. The van der Waals surface area contributed by atoms with E-state index in [4.69, 9.17) is 15.2 Å². The zero-order valence-electron chi connectivity index (χ0n) is 11.5. The van der Waals surface area contributed by atoms with E-state index in [-0.39, 0.29) is 6.61 Å². The van der Waals surface area contributed by atoms with E-state index in [9.17, 15) is 9.90 Å². The number of aliphatic hydroxyl groups excluding tert-OH is 1. The molecule has 1 unspecified atom stereocenters. The van der Waals surface area contributed by atoms with Crippen molar-refractivity contribution in [3.63, 3.8) is 0 Å². The van der Waals surface area contributed by atoms with E-state index in [1.807, 2.05) is 12.1 Å². The third kappa shape index (κ3) is 6.81. The maximum atomic E-state index is 10.4. The minimum Gasteiger partial charge on any atom is -0.497 e. The molecule has 0 aromatic heterocycles. The van der Waals surface area contributed by atoms with Crippen molar-refractivity contribution in [2.75, 3.05) is 33.4 Å². The third-order valence-corrected chi connectivity index (χ3v) is 2.46. The summed E-state index contributed by atoms with van der Waals surface area (Å²) in [5.41, 5.74) is 4.91. The lowest BCUT2D eigenvalue weighted by Crippen LogP contribution is -2.38. The van der Waals surface area contributed by atoms with E-state index in [1.165, 1.54) is 0 Å². The molecule has 0 saturated carbocycles. The molecular weight excluding hydrogens is 262 g/mol. The zero-order chi connectivity index (χ0) is 14.8. The number of nitrogens with one attached hydrogen (secondary N) is 2. The summed E-state index contributed by atoms with van der Waals surface area (Å²) in [6.07, 6.45) is -0.644. The van der Waals surface area contributed by atoms with Gasteiger partial charge in [0.1, 0.15) is 24.2 Å². The number of hydrogen-bond donors (Lipinski definition) is 4. The molecule has 112 valence electrons. The number of aliphatic hydroxyl groups is 1. The number of carbonyl (C=O) groups is 1. The average molecular weight is 283 g/mol. The largest absolute Gasteiger partial charge is 0.497 e. The van der Waals surface area contributed by atoms with Gasteiger partial charge in [-0.3, -0.25) is 0 Å². The number of methoxy groups -OCH3 is 1. The van der Waals surface area contributed by atoms with Gasteiger partial charge in [-0.1, -0.05) is 6.07 Å². The van der Waals surface area contributed by atoms with E-state index in [2.05, 4.69) is 10.6 Å². The van der Waals surface area contributed by atoms with Gasteiger partial charge in [0.15, 0.2) is 0 Å². The molecule has 7 nitrogen and oxygen atoms in total. The molecular formula is C13H21N3O4. The van der Waals surface area contributed by atoms with Gasteiger partial charge in [0.2, 0.25) is 0 Å². The van der Waals surface area contributed by atoms with Gasteiger partial charge in [-0.05, 0) is 12.1 Å². The number of primary amides is 1. The number of nitrogens with two attached hydrogens (primary N) is 1. The minimum atomic E-state index is -0.644. The van der Waals surface area contributed by atoms with Crippen LogP contribution in [0, 0.1) is 0 Å². The van der Waals surface area contributed by atoms with E-state index in [0.29, 0.717) is 31.1 Å². The van der Waals surface area contributed by atoms with Crippen molar-refractivity contribution in [3.8, 4) is 11.5 Å². The fourth-order valence-electron chi connectivity index (χ4n) is 1.49. The molecule has 0 aliphatic carbocycles. The second-order valence-electron chi connectivity index (χ2n) is 4.14. The molecule has 1 atom stereocenters. The van der Waals surface area contributed by atoms with Crippen molar-refractivity contribution in [3.05, 3.63) is 24.3 Å². The summed E-state index contributed by atoms with van der Waals surface area (Å²) in [5, 5.41) is 15.1. The molecule has 2 amide bonds. The Labute approximate surface area is 118 Å². The van der Waals surface area contributed by atoms with Crippen molar-refractivity contribution in [2.24, 2.45) is 5.73 Å². The van der Waals surface area contributed by atoms with Crippen molar-refractivity contribution >= 4 is 6.03 Å². The monoisotopic (exact) mass is 283 g/mol. The normalized spacial score (nSPS) is 11.7. The Kier molecular flexibility index (Phi) is 7.23. The van der Waals surface area contributed by atoms with Crippen molar-refractivity contribution in [1.29, 1.82) is 0 Å². The maximum Gasteiger partial charge on any atom is 0.312 e. The van der Waals surface area contributed by atoms with Crippen molar-refractivity contribution in [1.82, 2.24) is 10.6 Å². The van der Waals surface area contributed by atoms with Crippen LogP contribution < -0.4 is 25.8 Å². The first-order chi connectivity index (χ1) is 9.61. The lowest BCUT2D eigenvalue weighted by Gasteiger charge is -2.13. The van der Waals surface area contributed by atoms with Gasteiger partial charge in [0.05, 0.1) is 7.11 Å². The van der Waals surface area contributed by atoms with Crippen LogP contribution in [0.1, 0.15) is 0 Å². The highest BCUT2D eigenvalue weighted by Crippen LogP contribution is 2.18. The van der Waals surface area contributed by atoms with Crippen molar-refractivity contribution < 1.29 is 19.4 Å². The fraction of sp³-hybridized carbons (Fsp3) is 0.462. The first-order valence-corrected chi connectivity index (χ1v) is 6.30. The summed E-state index contributed by atoms with van der Waals surface area (Å²) in [6, 6.07) is 6.61. The van der Waals surface area contributed by atoms with Gasteiger partial charge >= 0.3 is 6.03 Å². The predicted octanol–water partition coefficient (Wildman–Crippen LogP) is -0.307. The number of amides is 2. The zero-order valence-corrected chi connectivity index (χ0v) is 11.5. The topological polar surface area (TPSA) is 106 Å². The van der Waals surface area contributed by atoms with Crippen LogP contribution in [-0.4, -0.2) is 50.6 Å². The summed E-state index contributed by atoms with van der Waals surface area (Å²) < 4.78 is 10.5. The molecule has 0 radical (unpaired) electrons. The quantitative estimate of drug-likeness (QED) is 0.465. The van der Waals surface area contributed by atoms with Crippen LogP contribution in [0.15, 0.2) is 24.3 Å². The number of urea groups is 1. The summed E-state index contributed by atoms with van der Waals surface area (Å²) in [5.74, 6) is 1.34. The van der Waals surface area contributed by atoms with Crippen LogP contribution in [0.3, 0.4) is 0 Å². The molecule has 7 heteroatoms. The first-order valence-electron chi connectivity index (χ1n) is 6.30. The van der Waals surface area contributed by atoms with E-state index < -0.39 is 12.1 Å². The highest BCUT2D eigenvalue weighted by molar-refractivity contribution is 5.71. The van der Waals surface area contributed by atoms with E-state index in [1.54, 1.807) is 19.2 Å². The van der Waals surface area contributed by atoms with Crippen LogP contribution in [0.5, 0.6) is 11.5 Å². The summed E-state index contributed by atoms with van der Waals surface area (Å²) >= 11 is 0. The molecule has 0 heterocycles. The second-order valence-corrected chi connectivity index (χ2v) is 4.14. The van der Waals surface area contributed by atoms with Gasteiger partial charge in [-0.25, -0.2) is 4.79 Å². The first kappa shape index (κ1) is 16.1. The van der Waals surface area contributed by atoms with Gasteiger partial charge in [0.25, 0.3) is 0 Å².